The first-order chi connectivity index (χ1) is 13.2. The van der Waals surface area contributed by atoms with Gasteiger partial charge in [-0.2, -0.15) is 0 Å². The van der Waals surface area contributed by atoms with E-state index < -0.39 is 11.0 Å². The Bertz CT molecular complexity index is 700. The number of hydrogen-bond donors (Lipinski definition) is 0. The molecule has 1 aromatic carbocycles. The molecule has 2 aliphatic rings. The van der Waals surface area contributed by atoms with Crippen LogP contribution in [0.1, 0.15) is 46.1 Å². The van der Waals surface area contributed by atoms with Crippen LogP contribution in [0.3, 0.4) is 0 Å². The van der Waals surface area contributed by atoms with Gasteiger partial charge in [0.2, 0.25) is 0 Å². The summed E-state index contributed by atoms with van der Waals surface area (Å²) >= 11 is 0. The fraction of sp³-hybridized carbons (Fsp3) is 0.636. The lowest BCUT2D eigenvalue weighted by molar-refractivity contribution is -0.160. The van der Waals surface area contributed by atoms with E-state index in [-0.39, 0.29) is 18.1 Å². The van der Waals surface area contributed by atoms with Crippen molar-refractivity contribution in [1.82, 2.24) is 9.80 Å². The Morgan fingerprint density at radius 1 is 1.14 bits per heavy atom. The fourth-order valence-corrected chi connectivity index (χ4v) is 4.34. The number of rotatable bonds is 4. The zero-order valence-electron chi connectivity index (χ0n) is 17.4. The van der Waals surface area contributed by atoms with Crippen molar-refractivity contribution >= 4 is 12.1 Å². The molecule has 6 nitrogen and oxygen atoms in total. The first-order valence-corrected chi connectivity index (χ1v) is 10.2. The second-order valence-electron chi connectivity index (χ2n) is 8.79. The number of nitrogens with zero attached hydrogens (tertiary/aromatic N) is 2. The number of carbonyl (C=O) groups is 2. The Hall–Kier alpha value is -2.08. The summed E-state index contributed by atoms with van der Waals surface area (Å²) in [5.41, 5.74) is 0.0399. The molecule has 6 heteroatoms. The smallest absolute Gasteiger partial charge is 0.410 e. The maximum Gasteiger partial charge on any atom is 0.410 e. The predicted molar refractivity (Wildman–Crippen MR) is 107 cm³/mol. The molecule has 28 heavy (non-hydrogen) atoms. The molecule has 3 rings (SSSR count). The van der Waals surface area contributed by atoms with Crippen LogP contribution in [0.4, 0.5) is 4.79 Å². The highest BCUT2D eigenvalue weighted by molar-refractivity contribution is 5.81. The SMILES string of the molecule is CCOC(=O)[C@]12CCN(Cc3ccccc3)C[C@H]1N(C(=O)OC(C)(C)C)CC2. The van der Waals surface area contributed by atoms with Crippen LogP contribution in [0.25, 0.3) is 0 Å². The van der Waals surface area contributed by atoms with E-state index >= 15 is 0 Å². The summed E-state index contributed by atoms with van der Waals surface area (Å²) in [7, 11) is 0. The van der Waals surface area contributed by atoms with Crippen LogP contribution < -0.4 is 0 Å². The van der Waals surface area contributed by atoms with E-state index in [1.807, 2.05) is 45.9 Å². The van der Waals surface area contributed by atoms with Crippen LogP contribution in [0.5, 0.6) is 0 Å². The summed E-state index contributed by atoms with van der Waals surface area (Å²) in [5, 5.41) is 0. The largest absolute Gasteiger partial charge is 0.466 e. The van der Waals surface area contributed by atoms with E-state index in [0.717, 1.165) is 13.1 Å². The normalized spacial score (nSPS) is 25.3. The molecule has 2 saturated heterocycles. The highest BCUT2D eigenvalue weighted by atomic mass is 16.6. The number of esters is 1. The van der Waals surface area contributed by atoms with Crippen LogP contribution >= 0.6 is 0 Å². The Morgan fingerprint density at radius 2 is 1.82 bits per heavy atom. The van der Waals surface area contributed by atoms with Gasteiger partial charge in [0.25, 0.3) is 0 Å². The van der Waals surface area contributed by atoms with E-state index in [2.05, 4.69) is 17.0 Å². The maximum atomic E-state index is 12.9. The average Bonchev–Trinajstić information content (AvgIpc) is 3.02. The van der Waals surface area contributed by atoms with Crippen molar-refractivity contribution in [2.24, 2.45) is 5.41 Å². The maximum absolute atomic E-state index is 12.9. The van der Waals surface area contributed by atoms with Crippen LogP contribution in [0, 0.1) is 5.41 Å². The quantitative estimate of drug-likeness (QED) is 0.740. The molecule has 0 aromatic heterocycles. The molecule has 2 aliphatic heterocycles. The summed E-state index contributed by atoms with van der Waals surface area (Å²) in [6.45, 7) is 10.6. The van der Waals surface area contributed by atoms with Crippen molar-refractivity contribution in [3.05, 3.63) is 35.9 Å². The second kappa shape index (κ2) is 8.11. The van der Waals surface area contributed by atoms with Crippen molar-refractivity contribution in [3.8, 4) is 0 Å². The molecule has 1 aromatic rings. The van der Waals surface area contributed by atoms with E-state index in [1.165, 1.54) is 5.56 Å². The van der Waals surface area contributed by atoms with Gasteiger partial charge in [0.15, 0.2) is 0 Å². The standard InChI is InChI=1S/C22H32N2O4/c1-5-27-19(25)22-11-13-23(15-17-9-7-6-8-10-17)16-18(22)24(14-12-22)20(26)28-21(2,3)4/h6-10,18H,5,11-16H2,1-4H3/t18-,22+/m1/s1. The molecule has 2 heterocycles. The van der Waals surface area contributed by atoms with Crippen LogP contribution in [0.15, 0.2) is 30.3 Å². The Labute approximate surface area is 167 Å². The Balaban J connectivity index is 1.81. The van der Waals surface area contributed by atoms with Gasteiger partial charge in [-0.15, -0.1) is 0 Å². The topological polar surface area (TPSA) is 59.1 Å². The number of piperidine rings is 1. The van der Waals surface area contributed by atoms with Gasteiger partial charge in [-0.3, -0.25) is 9.69 Å². The monoisotopic (exact) mass is 388 g/mol. The highest BCUT2D eigenvalue weighted by Gasteiger charge is 2.57. The Kier molecular flexibility index (Phi) is 5.98. The average molecular weight is 389 g/mol. The number of hydrogen-bond acceptors (Lipinski definition) is 5. The number of benzene rings is 1. The third-order valence-electron chi connectivity index (χ3n) is 5.68. The number of fused-ring (bicyclic) bond motifs is 1. The molecular formula is C22H32N2O4. The molecule has 0 unspecified atom stereocenters. The lowest BCUT2D eigenvalue weighted by Gasteiger charge is -2.44. The van der Waals surface area contributed by atoms with E-state index in [0.29, 0.717) is 32.5 Å². The van der Waals surface area contributed by atoms with Gasteiger partial charge in [-0.1, -0.05) is 30.3 Å². The van der Waals surface area contributed by atoms with E-state index in [1.54, 1.807) is 4.90 Å². The first kappa shape index (κ1) is 20.6. The van der Waals surface area contributed by atoms with Crippen LogP contribution in [0.2, 0.25) is 0 Å². The van der Waals surface area contributed by atoms with Gasteiger partial charge >= 0.3 is 12.1 Å². The van der Waals surface area contributed by atoms with Crippen molar-refractivity contribution in [1.29, 1.82) is 0 Å². The molecule has 154 valence electrons. The summed E-state index contributed by atoms with van der Waals surface area (Å²) in [5.74, 6) is -0.176. The zero-order chi connectivity index (χ0) is 20.4. The molecular weight excluding hydrogens is 356 g/mol. The van der Waals surface area contributed by atoms with Gasteiger partial charge < -0.3 is 14.4 Å². The molecule has 1 amide bonds. The molecule has 0 aliphatic carbocycles. The zero-order valence-corrected chi connectivity index (χ0v) is 17.4. The molecule has 2 fully saturated rings. The lowest BCUT2D eigenvalue weighted by atomic mass is 9.74. The minimum atomic E-state index is -0.625. The summed E-state index contributed by atoms with van der Waals surface area (Å²) in [6, 6.07) is 10.1. The minimum absolute atomic E-state index is 0.176. The molecule has 0 saturated carbocycles. The van der Waals surface area contributed by atoms with Gasteiger partial charge in [-0.25, -0.2) is 4.79 Å². The van der Waals surface area contributed by atoms with Gasteiger partial charge in [0, 0.05) is 19.6 Å². The van der Waals surface area contributed by atoms with Crippen LogP contribution in [-0.4, -0.2) is 59.7 Å². The molecule has 2 atom stereocenters. The summed E-state index contributed by atoms with van der Waals surface area (Å²) in [6.07, 6.45) is 0.989. The van der Waals surface area contributed by atoms with Crippen molar-refractivity contribution < 1.29 is 19.1 Å². The van der Waals surface area contributed by atoms with Gasteiger partial charge in [-0.05, 0) is 52.6 Å². The lowest BCUT2D eigenvalue weighted by Crippen LogP contribution is -2.58. The van der Waals surface area contributed by atoms with Gasteiger partial charge in [0.1, 0.15) is 5.60 Å². The number of amides is 1. The fourth-order valence-electron chi connectivity index (χ4n) is 4.34. The van der Waals surface area contributed by atoms with E-state index in [9.17, 15) is 9.59 Å². The Morgan fingerprint density at radius 3 is 2.46 bits per heavy atom. The van der Waals surface area contributed by atoms with Crippen molar-refractivity contribution in [2.45, 2.75) is 58.7 Å². The van der Waals surface area contributed by atoms with E-state index in [4.69, 9.17) is 9.47 Å². The summed E-state index contributed by atoms with van der Waals surface area (Å²) in [4.78, 5) is 29.8. The van der Waals surface area contributed by atoms with Gasteiger partial charge in [0.05, 0.1) is 18.1 Å². The number of carbonyl (C=O) groups excluding carboxylic acids is 2. The van der Waals surface area contributed by atoms with Crippen molar-refractivity contribution in [2.75, 3.05) is 26.2 Å². The molecule has 0 N–H and O–H groups in total. The minimum Gasteiger partial charge on any atom is -0.466 e. The molecule has 0 bridgehead atoms. The number of ether oxygens (including phenoxy) is 2. The summed E-state index contributed by atoms with van der Waals surface area (Å²) < 4.78 is 11.1. The third kappa shape index (κ3) is 4.32. The van der Waals surface area contributed by atoms with Crippen LogP contribution in [-0.2, 0) is 20.8 Å². The highest BCUT2D eigenvalue weighted by Crippen LogP contribution is 2.45. The number of likely N-dealkylation sites (tertiary alicyclic amines) is 2. The third-order valence-corrected chi connectivity index (χ3v) is 5.68. The predicted octanol–water partition coefficient (Wildman–Crippen LogP) is 3.45. The molecule has 0 spiro atoms. The second-order valence-corrected chi connectivity index (χ2v) is 8.79. The van der Waals surface area contributed by atoms with Crippen molar-refractivity contribution in [3.63, 3.8) is 0 Å². The molecule has 0 radical (unpaired) electrons. The first-order valence-electron chi connectivity index (χ1n) is 10.2.